The summed E-state index contributed by atoms with van der Waals surface area (Å²) in [5.74, 6) is -0.412. The van der Waals surface area contributed by atoms with Crippen LogP contribution in [0.1, 0.15) is 5.56 Å². The molecule has 1 rings (SSSR count). The van der Waals surface area contributed by atoms with E-state index in [4.69, 9.17) is 0 Å². The fraction of sp³-hybridized carbons (Fsp3) is 0.167. The monoisotopic (exact) mass is 237 g/mol. The number of aromatic nitrogens is 1. The van der Waals surface area contributed by atoms with Crippen LogP contribution in [0.25, 0.3) is 0 Å². The summed E-state index contributed by atoms with van der Waals surface area (Å²) >= 11 is 2.00. The highest BCUT2D eigenvalue weighted by Crippen LogP contribution is 2.07. The second-order valence-electron chi connectivity index (χ2n) is 1.74. The van der Waals surface area contributed by atoms with Crippen molar-refractivity contribution in [3.8, 4) is 0 Å². The molecule has 3 heteroatoms. The summed E-state index contributed by atoms with van der Waals surface area (Å²) in [7, 11) is 0. The van der Waals surface area contributed by atoms with Crippen molar-refractivity contribution < 1.29 is 4.39 Å². The van der Waals surface area contributed by atoms with E-state index in [0.717, 1.165) is 9.26 Å². The smallest absolute Gasteiger partial charge is 0.213 e. The predicted molar refractivity (Wildman–Crippen MR) is 41.6 cm³/mol. The predicted octanol–water partition coefficient (Wildman–Crippen LogP) is 2.13. The Morgan fingerprint density at radius 2 is 2.22 bits per heavy atom. The zero-order chi connectivity index (χ0) is 6.85. The molecule has 0 aromatic carbocycles. The van der Waals surface area contributed by atoms with Gasteiger partial charge < -0.3 is 0 Å². The van der Waals surface area contributed by atoms with Gasteiger partial charge in [-0.05, 0) is 41.1 Å². The lowest BCUT2D eigenvalue weighted by Crippen LogP contribution is -1.88. The van der Waals surface area contributed by atoms with Crippen molar-refractivity contribution in [3.63, 3.8) is 0 Å². The molecule has 0 bridgehead atoms. The molecule has 0 aliphatic heterocycles. The van der Waals surface area contributed by atoms with Crippen LogP contribution < -0.4 is 0 Å². The van der Waals surface area contributed by atoms with Gasteiger partial charge in [0.2, 0.25) is 5.95 Å². The van der Waals surface area contributed by atoms with E-state index in [2.05, 4.69) is 4.98 Å². The van der Waals surface area contributed by atoms with Gasteiger partial charge in [0.05, 0.1) is 0 Å². The highest BCUT2D eigenvalue weighted by atomic mass is 127. The molecular formula is C6H5FIN. The SMILES string of the molecule is Cc1ccc(F)nc1I. The van der Waals surface area contributed by atoms with Gasteiger partial charge in [0.25, 0.3) is 0 Å². The minimum absolute atomic E-state index is 0.412. The third-order valence-electron chi connectivity index (χ3n) is 1.00. The summed E-state index contributed by atoms with van der Waals surface area (Å²) in [6.07, 6.45) is 0. The van der Waals surface area contributed by atoms with E-state index in [9.17, 15) is 4.39 Å². The van der Waals surface area contributed by atoms with E-state index in [1.165, 1.54) is 6.07 Å². The molecule has 0 aliphatic rings. The van der Waals surface area contributed by atoms with Gasteiger partial charge in [-0.1, -0.05) is 6.07 Å². The van der Waals surface area contributed by atoms with Crippen molar-refractivity contribution in [3.05, 3.63) is 27.3 Å². The number of rotatable bonds is 0. The van der Waals surface area contributed by atoms with Crippen molar-refractivity contribution in [2.75, 3.05) is 0 Å². The molecule has 1 aromatic rings. The summed E-state index contributed by atoms with van der Waals surface area (Å²) in [6, 6.07) is 3.07. The quantitative estimate of drug-likeness (QED) is 0.497. The van der Waals surface area contributed by atoms with Gasteiger partial charge in [-0.2, -0.15) is 4.39 Å². The fourth-order valence-corrected chi connectivity index (χ4v) is 0.892. The van der Waals surface area contributed by atoms with Crippen molar-refractivity contribution in [2.24, 2.45) is 0 Å². The van der Waals surface area contributed by atoms with E-state index < -0.39 is 5.95 Å². The Balaban J connectivity index is 3.17. The van der Waals surface area contributed by atoms with Crippen LogP contribution in [0.3, 0.4) is 0 Å². The van der Waals surface area contributed by atoms with Crippen LogP contribution in [0.2, 0.25) is 0 Å². The van der Waals surface area contributed by atoms with Crippen LogP contribution >= 0.6 is 22.6 Å². The first-order valence-electron chi connectivity index (χ1n) is 2.49. The summed E-state index contributed by atoms with van der Waals surface area (Å²) in [5.41, 5.74) is 1.01. The number of aryl methyl sites for hydroxylation is 1. The Morgan fingerprint density at radius 1 is 1.56 bits per heavy atom. The van der Waals surface area contributed by atoms with Gasteiger partial charge in [-0.15, -0.1) is 0 Å². The average Bonchev–Trinajstić information content (AvgIpc) is 1.80. The van der Waals surface area contributed by atoms with E-state index in [1.807, 2.05) is 29.5 Å². The molecule has 0 spiro atoms. The minimum atomic E-state index is -0.412. The van der Waals surface area contributed by atoms with Gasteiger partial charge >= 0.3 is 0 Å². The number of nitrogens with zero attached hydrogens (tertiary/aromatic N) is 1. The number of hydrogen-bond donors (Lipinski definition) is 0. The lowest BCUT2D eigenvalue weighted by Gasteiger charge is -1.93. The summed E-state index contributed by atoms with van der Waals surface area (Å²) in [5, 5.41) is 0. The summed E-state index contributed by atoms with van der Waals surface area (Å²) in [4.78, 5) is 3.59. The van der Waals surface area contributed by atoms with E-state index in [0.29, 0.717) is 0 Å². The van der Waals surface area contributed by atoms with E-state index in [1.54, 1.807) is 6.07 Å². The van der Waals surface area contributed by atoms with Crippen LogP contribution in [-0.2, 0) is 0 Å². The molecule has 0 saturated heterocycles. The molecule has 48 valence electrons. The van der Waals surface area contributed by atoms with Crippen molar-refractivity contribution in [1.29, 1.82) is 0 Å². The lowest BCUT2D eigenvalue weighted by atomic mass is 10.3. The first kappa shape index (κ1) is 6.92. The third-order valence-corrected chi connectivity index (χ3v) is 2.09. The van der Waals surface area contributed by atoms with Crippen LogP contribution in [-0.4, -0.2) is 4.98 Å². The van der Waals surface area contributed by atoms with Gasteiger partial charge in [-0.25, -0.2) is 4.98 Å². The Bertz CT molecular complexity index is 224. The highest BCUT2D eigenvalue weighted by molar-refractivity contribution is 14.1. The number of halogens is 2. The second kappa shape index (κ2) is 2.60. The Hall–Kier alpha value is -0.190. The maximum Gasteiger partial charge on any atom is 0.213 e. The second-order valence-corrected chi connectivity index (χ2v) is 2.76. The molecule has 0 atom stereocenters. The van der Waals surface area contributed by atoms with Gasteiger partial charge in [-0.3, -0.25) is 0 Å². The molecule has 0 amide bonds. The van der Waals surface area contributed by atoms with Crippen LogP contribution in [0, 0.1) is 16.6 Å². The van der Waals surface area contributed by atoms with Crippen molar-refractivity contribution >= 4 is 22.6 Å². The van der Waals surface area contributed by atoms with Crippen molar-refractivity contribution in [2.45, 2.75) is 6.92 Å². The maximum atomic E-state index is 12.2. The maximum absolute atomic E-state index is 12.2. The minimum Gasteiger partial charge on any atom is -0.213 e. The molecule has 0 saturated carbocycles. The van der Waals surface area contributed by atoms with Crippen molar-refractivity contribution in [1.82, 2.24) is 4.98 Å². The first-order chi connectivity index (χ1) is 4.20. The highest BCUT2D eigenvalue weighted by Gasteiger charge is 1.95. The third kappa shape index (κ3) is 1.61. The van der Waals surface area contributed by atoms with Gasteiger partial charge in [0.15, 0.2) is 0 Å². The average molecular weight is 237 g/mol. The lowest BCUT2D eigenvalue weighted by molar-refractivity contribution is 0.579. The molecule has 0 unspecified atom stereocenters. The van der Waals surface area contributed by atoms with E-state index in [-0.39, 0.29) is 0 Å². The largest absolute Gasteiger partial charge is 0.213 e. The molecule has 1 aromatic heterocycles. The van der Waals surface area contributed by atoms with Gasteiger partial charge in [0, 0.05) is 0 Å². The standard InChI is InChI=1S/C6H5FIN/c1-4-2-3-5(7)9-6(4)8/h2-3H,1H3. The Morgan fingerprint density at radius 3 is 2.67 bits per heavy atom. The van der Waals surface area contributed by atoms with Crippen LogP contribution in [0.5, 0.6) is 0 Å². The Kier molecular flexibility index (Phi) is 2.00. The molecular weight excluding hydrogens is 232 g/mol. The Labute approximate surface area is 66.4 Å². The zero-order valence-corrected chi connectivity index (χ0v) is 7.02. The molecule has 0 aliphatic carbocycles. The van der Waals surface area contributed by atoms with Gasteiger partial charge in [0.1, 0.15) is 3.70 Å². The first-order valence-corrected chi connectivity index (χ1v) is 3.56. The molecule has 9 heavy (non-hydrogen) atoms. The zero-order valence-electron chi connectivity index (χ0n) is 4.86. The fourth-order valence-electron chi connectivity index (χ4n) is 0.482. The molecule has 0 radical (unpaired) electrons. The number of hydrogen-bond acceptors (Lipinski definition) is 1. The topological polar surface area (TPSA) is 12.9 Å². The summed E-state index contributed by atoms with van der Waals surface area (Å²) in [6.45, 7) is 1.90. The molecule has 1 nitrogen and oxygen atoms in total. The molecule has 0 fully saturated rings. The summed E-state index contributed by atoms with van der Waals surface area (Å²) < 4.78 is 13.0. The van der Waals surface area contributed by atoms with E-state index >= 15 is 0 Å². The van der Waals surface area contributed by atoms with Crippen LogP contribution in [0.15, 0.2) is 12.1 Å². The molecule has 0 N–H and O–H groups in total. The number of pyridine rings is 1. The molecule has 1 heterocycles. The normalized spacial score (nSPS) is 9.67. The van der Waals surface area contributed by atoms with Crippen LogP contribution in [0.4, 0.5) is 4.39 Å².